The quantitative estimate of drug-likeness (QED) is 0.509. The van der Waals surface area contributed by atoms with Gasteiger partial charge in [0.05, 0.1) is 29.6 Å². The number of methoxy groups -OCH3 is 1. The van der Waals surface area contributed by atoms with Gasteiger partial charge in [0.2, 0.25) is 5.91 Å². The van der Waals surface area contributed by atoms with Gasteiger partial charge in [0.25, 0.3) is 0 Å². The lowest BCUT2D eigenvalue weighted by molar-refractivity contribution is -0.118. The summed E-state index contributed by atoms with van der Waals surface area (Å²) in [5, 5.41) is 15.4. The van der Waals surface area contributed by atoms with Crippen molar-refractivity contribution in [2.75, 3.05) is 37.0 Å². The predicted octanol–water partition coefficient (Wildman–Crippen LogP) is 3.86. The van der Waals surface area contributed by atoms with Gasteiger partial charge in [-0.05, 0) is 41.3 Å². The number of nitrogens with zero attached hydrogens (tertiary/aromatic N) is 3. The Hall–Kier alpha value is -3.73. The molecule has 2 atom stereocenters. The van der Waals surface area contributed by atoms with Crippen LogP contribution in [0, 0.1) is 11.3 Å². The fraction of sp³-hybridized carbons (Fsp3) is 0.296. The van der Waals surface area contributed by atoms with E-state index in [1.54, 1.807) is 13.3 Å². The number of carbonyl (C=O) groups excluding carboxylic acids is 1. The zero-order valence-corrected chi connectivity index (χ0v) is 19.4. The van der Waals surface area contributed by atoms with Crippen LogP contribution in [0.25, 0.3) is 0 Å². The maximum Gasteiger partial charge on any atom is 0.247 e. The number of carbonyl (C=O) groups is 1. The second kappa shape index (κ2) is 10.9. The van der Waals surface area contributed by atoms with E-state index < -0.39 is 6.04 Å². The van der Waals surface area contributed by atoms with Gasteiger partial charge in [-0.3, -0.25) is 4.79 Å². The Kier molecular flexibility index (Phi) is 7.53. The number of aromatic nitrogens is 1. The molecule has 7 heteroatoms. The number of hydrogen-bond donors (Lipinski definition) is 2. The summed E-state index contributed by atoms with van der Waals surface area (Å²) in [6.07, 6.45) is 2.04. The van der Waals surface area contributed by atoms with Crippen molar-refractivity contribution in [1.29, 1.82) is 5.26 Å². The molecule has 2 aromatic carbocycles. The summed E-state index contributed by atoms with van der Waals surface area (Å²) < 4.78 is 5.32. The number of nitriles is 1. The van der Waals surface area contributed by atoms with E-state index in [2.05, 4.69) is 33.5 Å². The third-order valence-corrected chi connectivity index (χ3v) is 6.18. The molecule has 0 aliphatic carbocycles. The third kappa shape index (κ3) is 5.60. The number of benzene rings is 2. The van der Waals surface area contributed by atoms with Crippen LogP contribution in [0.2, 0.25) is 0 Å². The van der Waals surface area contributed by atoms with E-state index in [1.165, 1.54) is 0 Å². The maximum absolute atomic E-state index is 13.2. The maximum atomic E-state index is 13.2. The smallest absolute Gasteiger partial charge is 0.247 e. The highest BCUT2D eigenvalue weighted by molar-refractivity contribution is 5.94. The van der Waals surface area contributed by atoms with Gasteiger partial charge in [-0.2, -0.15) is 5.26 Å². The zero-order valence-electron chi connectivity index (χ0n) is 19.4. The molecular formula is C27H29N5O2. The van der Waals surface area contributed by atoms with Crippen molar-refractivity contribution in [2.24, 2.45) is 0 Å². The monoisotopic (exact) mass is 455 g/mol. The molecular weight excluding hydrogens is 426 g/mol. The Morgan fingerprint density at radius 2 is 1.85 bits per heavy atom. The molecule has 4 rings (SSSR count). The molecule has 0 bridgehead atoms. The van der Waals surface area contributed by atoms with E-state index in [0.29, 0.717) is 17.9 Å². The molecule has 1 fully saturated rings. The minimum Gasteiger partial charge on any atom is -0.378 e. The second-order valence-electron chi connectivity index (χ2n) is 8.54. The van der Waals surface area contributed by atoms with Crippen LogP contribution in [0.1, 0.15) is 35.6 Å². The van der Waals surface area contributed by atoms with Gasteiger partial charge in [-0.1, -0.05) is 49.4 Å². The highest BCUT2D eigenvalue weighted by Gasteiger charge is 2.27. The summed E-state index contributed by atoms with van der Waals surface area (Å²) in [6, 6.07) is 22.6. The summed E-state index contributed by atoms with van der Waals surface area (Å²) in [7, 11) is 1.72. The van der Waals surface area contributed by atoms with Gasteiger partial charge in [-0.25, -0.2) is 4.98 Å². The van der Waals surface area contributed by atoms with Crippen molar-refractivity contribution in [3.8, 4) is 6.07 Å². The topological polar surface area (TPSA) is 90.3 Å². The molecule has 3 aromatic rings. The van der Waals surface area contributed by atoms with Crippen molar-refractivity contribution >= 4 is 17.4 Å². The summed E-state index contributed by atoms with van der Waals surface area (Å²) in [6.45, 7) is 4.39. The average molecular weight is 456 g/mol. The summed E-state index contributed by atoms with van der Waals surface area (Å²) >= 11 is 0. The molecule has 7 nitrogen and oxygen atoms in total. The summed E-state index contributed by atoms with van der Waals surface area (Å²) in [5.74, 6) is 0.513. The van der Waals surface area contributed by atoms with Crippen LogP contribution in [0.3, 0.4) is 0 Å². The molecule has 2 N–H and O–H groups in total. The highest BCUT2D eigenvalue weighted by Crippen LogP contribution is 2.23. The van der Waals surface area contributed by atoms with Gasteiger partial charge >= 0.3 is 0 Å². The van der Waals surface area contributed by atoms with Crippen molar-refractivity contribution in [3.63, 3.8) is 0 Å². The number of rotatable bonds is 9. The van der Waals surface area contributed by atoms with Crippen LogP contribution in [0.5, 0.6) is 0 Å². The van der Waals surface area contributed by atoms with E-state index in [1.807, 2.05) is 66.7 Å². The van der Waals surface area contributed by atoms with Gasteiger partial charge in [0.1, 0.15) is 11.9 Å². The molecule has 2 heterocycles. The van der Waals surface area contributed by atoms with E-state index >= 15 is 0 Å². The Morgan fingerprint density at radius 1 is 1.12 bits per heavy atom. The zero-order chi connectivity index (χ0) is 23.9. The number of anilines is 2. The second-order valence-corrected chi connectivity index (χ2v) is 8.54. The molecule has 1 saturated heterocycles. The number of nitrogens with one attached hydrogen (secondary N) is 2. The molecule has 174 valence electrons. The summed E-state index contributed by atoms with van der Waals surface area (Å²) in [5.41, 5.74) is 3.64. The molecule has 0 spiro atoms. The fourth-order valence-corrected chi connectivity index (χ4v) is 3.95. The highest BCUT2D eigenvalue weighted by atomic mass is 16.5. The van der Waals surface area contributed by atoms with Crippen molar-refractivity contribution in [3.05, 3.63) is 89.6 Å². The molecule has 34 heavy (non-hydrogen) atoms. The van der Waals surface area contributed by atoms with Gasteiger partial charge < -0.3 is 20.3 Å². The minimum absolute atomic E-state index is 0.164. The molecule has 0 saturated carbocycles. The van der Waals surface area contributed by atoms with Crippen LogP contribution < -0.4 is 15.5 Å². The Morgan fingerprint density at radius 3 is 2.47 bits per heavy atom. The lowest BCUT2D eigenvalue weighted by atomic mass is 9.98. The molecule has 0 unspecified atom stereocenters. The lowest BCUT2D eigenvalue weighted by Crippen LogP contribution is -2.51. The Balaban J connectivity index is 1.41. The van der Waals surface area contributed by atoms with Crippen LogP contribution in [-0.4, -0.2) is 43.7 Å². The number of hydrogen-bond acceptors (Lipinski definition) is 6. The predicted molar refractivity (Wildman–Crippen MR) is 133 cm³/mol. The van der Waals surface area contributed by atoms with E-state index in [-0.39, 0.29) is 17.9 Å². The van der Waals surface area contributed by atoms with Crippen molar-refractivity contribution < 1.29 is 9.53 Å². The number of amides is 1. The van der Waals surface area contributed by atoms with Gasteiger partial charge in [0, 0.05) is 26.7 Å². The first-order valence-corrected chi connectivity index (χ1v) is 11.4. The standard InChI is InChI=1S/C27H29N5O2/c1-19(21-10-8-20(14-28)9-11-21)15-30-26(22-6-4-3-5-7-22)27(33)31-25-13-12-23(16-29-25)32-17-24(18-32)34-2/h3-13,16,19,24,26,30H,15,17-18H2,1-2H3,(H,29,31,33)/t19-,26+/m1/s1. The van der Waals surface area contributed by atoms with E-state index in [0.717, 1.165) is 29.9 Å². The van der Waals surface area contributed by atoms with Crippen molar-refractivity contribution in [2.45, 2.75) is 25.0 Å². The Bertz CT molecular complexity index is 1120. The van der Waals surface area contributed by atoms with Crippen LogP contribution in [0.4, 0.5) is 11.5 Å². The Labute approximate surface area is 200 Å². The van der Waals surface area contributed by atoms with E-state index in [4.69, 9.17) is 10.00 Å². The first kappa shape index (κ1) is 23.4. The normalized spacial score (nSPS) is 15.1. The third-order valence-electron chi connectivity index (χ3n) is 6.18. The fourth-order valence-electron chi connectivity index (χ4n) is 3.95. The van der Waals surface area contributed by atoms with Crippen LogP contribution >= 0.6 is 0 Å². The molecule has 1 aliphatic rings. The molecule has 0 radical (unpaired) electrons. The van der Waals surface area contributed by atoms with Crippen LogP contribution in [-0.2, 0) is 9.53 Å². The van der Waals surface area contributed by atoms with Gasteiger partial charge in [0.15, 0.2) is 0 Å². The molecule has 1 aliphatic heterocycles. The minimum atomic E-state index is -0.527. The molecule has 1 amide bonds. The first-order chi connectivity index (χ1) is 16.6. The summed E-state index contributed by atoms with van der Waals surface area (Å²) in [4.78, 5) is 19.9. The van der Waals surface area contributed by atoms with Crippen molar-refractivity contribution in [1.82, 2.24) is 10.3 Å². The van der Waals surface area contributed by atoms with E-state index in [9.17, 15) is 4.79 Å². The molecule has 1 aromatic heterocycles. The SMILES string of the molecule is COC1CN(c2ccc(NC(=O)[C@@H](NC[C@@H](C)c3ccc(C#N)cc3)c3ccccc3)nc2)C1. The average Bonchev–Trinajstić information content (AvgIpc) is 2.85. The number of ether oxygens (including phenoxy) is 1. The largest absolute Gasteiger partial charge is 0.378 e. The van der Waals surface area contributed by atoms with Crippen LogP contribution in [0.15, 0.2) is 72.9 Å². The number of pyridine rings is 1. The van der Waals surface area contributed by atoms with Gasteiger partial charge in [-0.15, -0.1) is 0 Å². The first-order valence-electron chi connectivity index (χ1n) is 11.4. The lowest BCUT2D eigenvalue weighted by Gasteiger charge is -2.39.